The monoisotopic (exact) mass is 528 g/mol. The second kappa shape index (κ2) is 12.2. The lowest BCUT2D eigenvalue weighted by Crippen LogP contribution is -2.36. The average molecular weight is 529 g/mol. The van der Waals surface area contributed by atoms with Crippen molar-refractivity contribution in [3.05, 3.63) is 54.9 Å². The molecule has 1 aliphatic carbocycles. The van der Waals surface area contributed by atoms with Crippen molar-refractivity contribution in [1.29, 1.82) is 0 Å². The van der Waals surface area contributed by atoms with E-state index in [4.69, 9.17) is 4.98 Å². The molecule has 1 saturated carbocycles. The summed E-state index contributed by atoms with van der Waals surface area (Å²) in [6.45, 7) is 4.06. The van der Waals surface area contributed by atoms with Gasteiger partial charge in [0.05, 0.1) is 29.8 Å². The van der Waals surface area contributed by atoms with Gasteiger partial charge in [-0.2, -0.15) is 0 Å². The fraction of sp³-hybridized carbons (Fsp3) is 0.516. The molecule has 0 unspecified atom stereocenters. The number of likely N-dealkylation sites (tertiary alicyclic amines) is 1. The van der Waals surface area contributed by atoms with Crippen LogP contribution in [0.2, 0.25) is 0 Å². The maximum Gasteiger partial charge on any atom is 0.224 e. The molecule has 5 rings (SSSR count). The Bertz CT molecular complexity index is 1250. The molecule has 1 saturated heterocycles. The van der Waals surface area contributed by atoms with Crippen molar-refractivity contribution in [2.45, 2.75) is 70.8 Å². The van der Waals surface area contributed by atoms with Crippen LogP contribution in [0.3, 0.4) is 0 Å². The van der Waals surface area contributed by atoms with Crippen molar-refractivity contribution in [2.24, 2.45) is 11.3 Å². The Morgan fingerprint density at radius 3 is 2.54 bits per heavy atom. The van der Waals surface area contributed by atoms with Crippen LogP contribution in [0.5, 0.6) is 0 Å². The smallest absolute Gasteiger partial charge is 0.224 e. The summed E-state index contributed by atoms with van der Waals surface area (Å²) in [6, 6.07) is 7.99. The Hall–Kier alpha value is -3.39. The van der Waals surface area contributed by atoms with Gasteiger partial charge in [0, 0.05) is 36.7 Å². The lowest BCUT2D eigenvalue weighted by molar-refractivity contribution is -0.124. The number of ketones is 1. The summed E-state index contributed by atoms with van der Waals surface area (Å²) in [4.78, 5) is 44.1. The summed E-state index contributed by atoms with van der Waals surface area (Å²) >= 11 is 0. The minimum Gasteiger partial charge on any atom is -0.346 e. The number of imidazole rings is 1. The molecule has 0 radical (unpaired) electrons. The quantitative estimate of drug-likeness (QED) is 0.307. The summed E-state index contributed by atoms with van der Waals surface area (Å²) in [5.41, 5.74) is 3.98. The van der Waals surface area contributed by atoms with Gasteiger partial charge < -0.3 is 15.2 Å². The molecule has 2 aromatic heterocycles. The van der Waals surface area contributed by atoms with Gasteiger partial charge in [0.2, 0.25) is 5.91 Å². The SMILES string of the molecule is CCC(=O)CCCCC[C@H](NC(=O)[C@H]1CC12CCN(C)CC2)c1ncc(-c2ccc(-c3cnccn3)cc2)[nH]1. The van der Waals surface area contributed by atoms with Crippen molar-refractivity contribution in [1.82, 2.24) is 30.2 Å². The molecular formula is C31H40N6O2. The number of rotatable bonds is 12. The van der Waals surface area contributed by atoms with E-state index in [9.17, 15) is 9.59 Å². The van der Waals surface area contributed by atoms with E-state index in [1.807, 2.05) is 37.4 Å². The van der Waals surface area contributed by atoms with E-state index < -0.39 is 0 Å². The fourth-order valence-electron chi connectivity index (χ4n) is 5.84. The maximum absolute atomic E-state index is 13.4. The largest absolute Gasteiger partial charge is 0.346 e. The minimum atomic E-state index is -0.170. The molecule has 2 N–H and O–H groups in total. The fourth-order valence-corrected chi connectivity index (χ4v) is 5.84. The number of benzene rings is 1. The van der Waals surface area contributed by atoms with E-state index in [1.165, 1.54) is 0 Å². The number of carbonyl (C=O) groups excluding carboxylic acids is 2. The van der Waals surface area contributed by atoms with Gasteiger partial charge in [0.1, 0.15) is 11.6 Å². The average Bonchev–Trinajstić information content (AvgIpc) is 3.45. The van der Waals surface area contributed by atoms with E-state index in [-0.39, 0.29) is 23.3 Å². The Labute approximate surface area is 231 Å². The molecule has 3 aromatic rings. The number of amides is 1. The summed E-state index contributed by atoms with van der Waals surface area (Å²) < 4.78 is 0. The first-order valence-electron chi connectivity index (χ1n) is 14.4. The molecule has 8 heteroatoms. The molecule has 2 fully saturated rings. The standard InChI is InChI=1S/C31H40N6O2/c1-3-24(38)7-5-4-6-8-26(36-30(39)25-19-31(25)13-17-37(2)18-14-31)29-34-21-28(35-29)23-11-9-22(10-12-23)27-20-32-15-16-33-27/h9-12,15-16,20-21,25-26H,3-8,13-14,17-19H2,1-2H3,(H,34,35)(H,36,39)/t25-,26+/m1/s1. The topological polar surface area (TPSA) is 104 Å². The lowest BCUT2D eigenvalue weighted by atomic mass is 9.91. The highest BCUT2D eigenvalue weighted by molar-refractivity contribution is 5.83. The number of nitrogens with zero attached hydrogens (tertiary/aromatic N) is 4. The number of aromatic nitrogens is 4. The van der Waals surface area contributed by atoms with Crippen LogP contribution in [0.1, 0.15) is 76.6 Å². The molecule has 1 spiro atoms. The predicted molar refractivity (Wildman–Crippen MR) is 152 cm³/mol. The zero-order valence-electron chi connectivity index (χ0n) is 23.2. The number of Topliss-reactive ketones (excluding diaryl/α,β-unsaturated/α-hetero) is 1. The Balaban J connectivity index is 1.25. The van der Waals surface area contributed by atoms with Crippen LogP contribution in [0.25, 0.3) is 22.5 Å². The molecular weight excluding hydrogens is 488 g/mol. The number of carbonyl (C=O) groups is 2. The zero-order chi connectivity index (χ0) is 27.2. The van der Waals surface area contributed by atoms with E-state index >= 15 is 0 Å². The molecule has 3 heterocycles. The molecule has 8 nitrogen and oxygen atoms in total. The Kier molecular flexibility index (Phi) is 8.50. The van der Waals surface area contributed by atoms with Crippen molar-refractivity contribution in [3.63, 3.8) is 0 Å². The third-order valence-electron chi connectivity index (χ3n) is 8.63. The third-order valence-corrected chi connectivity index (χ3v) is 8.63. The first-order valence-corrected chi connectivity index (χ1v) is 14.4. The van der Waals surface area contributed by atoms with E-state index in [2.05, 4.69) is 32.2 Å². The molecule has 206 valence electrons. The van der Waals surface area contributed by atoms with Gasteiger partial charge in [-0.05, 0) is 63.2 Å². The number of unbranched alkanes of at least 4 members (excludes halogenated alkanes) is 2. The molecule has 1 amide bonds. The number of piperidine rings is 1. The van der Waals surface area contributed by atoms with Gasteiger partial charge in [-0.15, -0.1) is 0 Å². The number of hydrogen-bond acceptors (Lipinski definition) is 6. The van der Waals surface area contributed by atoms with Gasteiger partial charge in [-0.1, -0.05) is 44.0 Å². The van der Waals surface area contributed by atoms with Gasteiger partial charge in [-0.3, -0.25) is 19.6 Å². The molecule has 2 aliphatic rings. The normalized spacial score (nSPS) is 19.1. The van der Waals surface area contributed by atoms with Crippen molar-refractivity contribution >= 4 is 11.7 Å². The van der Waals surface area contributed by atoms with Crippen LogP contribution >= 0.6 is 0 Å². The van der Waals surface area contributed by atoms with Crippen LogP contribution in [0.4, 0.5) is 0 Å². The molecule has 1 aromatic carbocycles. The Morgan fingerprint density at radius 1 is 1.05 bits per heavy atom. The number of aromatic amines is 1. The van der Waals surface area contributed by atoms with E-state index in [0.29, 0.717) is 18.6 Å². The van der Waals surface area contributed by atoms with Crippen LogP contribution in [0, 0.1) is 11.3 Å². The molecule has 2 atom stereocenters. The zero-order valence-corrected chi connectivity index (χ0v) is 23.2. The van der Waals surface area contributed by atoms with Gasteiger partial charge in [0.15, 0.2) is 0 Å². The van der Waals surface area contributed by atoms with Crippen molar-refractivity contribution < 1.29 is 9.59 Å². The van der Waals surface area contributed by atoms with Crippen LogP contribution in [0.15, 0.2) is 49.1 Å². The van der Waals surface area contributed by atoms with Gasteiger partial charge >= 0.3 is 0 Å². The molecule has 0 bridgehead atoms. The Morgan fingerprint density at radius 2 is 1.82 bits per heavy atom. The van der Waals surface area contributed by atoms with Gasteiger partial charge in [0.25, 0.3) is 0 Å². The highest BCUT2D eigenvalue weighted by atomic mass is 16.2. The van der Waals surface area contributed by atoms with Crippen molar-refractivity contribution in [2.75, 3.05) is 20.1 Å². The maximum atomic E-state index is 13.4. The van der Waals surface area contributed by atoms with Crippen LogP contribution in [-0.4, -0.2) is 56.7 Å². The summed E-state index contributed by atoms with van der Waals surface area (Å²) in [7, 11) is 2.16. The van der Waals surface area contributed by atoms with E-state index in [1.54, 1.807) is 18.6 Å². The number of H-pyrrole nitrogens is 1. The highest BCUT2D eigenvalue weighted by Gasteiger charge is 2.58. The summed E-state index contributed by atoms with van der Waals surface area (Å²) in [5, 5.41) is 3.36. The second-order valence-corrected chi connectivity index (χ2v) is 11.3. The van der Waals surface area contributed by atoms with E-state index in [0.717, 1.165) is 86.4 Å². The van der Waals surface area contributed by atoms with Crippen LogP contribution < -0.4 is 5.32 Å². The second-order valence-electron chi connectivity index (χ2n) is 11.3. The van der Waals surface area contributed by atoms with Gasteiger partial charge in [-0.25, -0.2) is 4.98 Å². The third kappa shape index (κ3) is 6.61. The molecule has 1 aliphatic heterocycles. The first-order chi connectivity index (χ1) is 19.0. The number of hydrogen-bond donors (Lipinski definition) is 2. The molecule has 39 heavy (non-hydrogen) atoms. The lowest BCUT2D eigenvalue weighted by Gasteiger charge is -2.30. The highest BCUT2D eigenvalue weighted by Crippen LogP contribution is 2.59. The van der Waals surface area contributed by atoms with Crippen LogP contribution in [-0.2, 0) is 9.59 Å². The first kappa shape index (κ1) is 27.2. The predicted octanol–water partition coefficient (Wildman–Crippen LogP) is 5.35. The minimum absolute atomic E-state index is 0.110. The summed E-state index contributed by atoms with van der Waals surface area (Å²) in [5.74, 6) is 1.38. The summed E-state index contributed by atoms with van der Waals surface area (Å²) in [6.07, 6.45) is 15.0. The number of nitrogens with one attached hydrogen (secondary N) is 2. The van der Waals surface area contributed by atoms with Crippen molar-refractivity contribution in [3.8, 4) is 22.5 Å².